The third-order valence-electron chi connectivity index (χ3n) is 4.19. The van der Waals surface area contributed by atoms with Crippen LogP contribution in [0.3, 0.4) is 0 Å². The van der Waals surface area contributed by atoms with E-state index in [2.05, 4.69) is 20.8 Å². The SMILES string of the molecule is Cc1c(C)c(C)c(C(O)c2ccc(Cl)o2)c(C)c1C. The van der Waals surface area contributed by atoms with Crippen LogP contribution in [0.4, 0.5) is 0 Å². The van der Waals surface area contributed by atoms with Crippen LogP contribution in [0, 0.1) is 34.6 Å². The molecule has 1 atom stereocenters. The summed E-state index contributed by atoms with van der Waals surface area (Å²) in [5.41, 5.74) is 6.86. The second kappa shape index (κ2) is 5.03. The molecule has 0 aliphatic carbocycles. The van der Waals surface area contributed by atoms with Gasteiger partial charge in [0.25, 0.3) is 0 Å². The quantitative estimate of drug-likeness (QED) is 0.874. The van der Waals surface area contributed by atoms with Crippen molar-refractivity contribution in [1.29, 1.82) is 0 Å². The van der Waals surface area contributed by atoms with Gasteiger partial charge >= 0.3 is 0 Å². The van der Waals surface area contributed by atoms with Crippen molar-refractivity contribution in [2.45, 2.75) is 40.7 Å². The van der Waals surface area contributed by atoms with Gasteiger partial charge in [-0.05, 0) is 91.7 Å². The molecule has 0 saturated carbocycles. The molecule has 0 bridgehead atoms. The maximum absolute atomic E-state index is 10.6. The lowest BCUT2D eigenvalue weighted by Crippen LogP contribution is -2.08. The maximum atomic E-state index is 10.6. The van der Waals surface area contributed by atoms with Crippen LogP contribution in [0.2, 0.25) is 5.22 Å². The van der Waals surface area contributed by atoms with E-state index < -0.39 is 6.10 Å². The van der Waals surface area contributed by atoms with Gasteiger partial charge in [0.05, 0.1) is 0 Å². The summed E-state index contributed by atoms with van der Waals surface area (Å²) in [6.45, 7) is 10.4. The highest BCUT2D eigenvalue weighted by atomic mass is 35.5. The van der Waals surface area contributed by atoms with Gasteiger partial charge in [-0.2, -0.15) is 0 Å². The number of hydrogen-bond acceptors (Lipinski definition) is 2. The van der Waals surface area contributed by atoms with Gasteiger partial charge in [0.15, 0.2) is 5.22 Å². The monoisotopic (exact) mass is 278 g/mol. The van der Waals surface area contributed by atoms with Crippen molar-refractivity contribution >= 4 is 11.6 Å². The minimum absolute atomic E-state index is 0.296. The van der Waals surface area contributed by atoms with Crippen molar-refractivity contribution in [1.82, 2.24) is 0 Å². The molecule has 1 unspecified atom stereocenters. The highest BCUT2D eigenvalue weighted by Gasteiger charge is 2.22. The summed E-state index contributed by atoms with van der Waals surface area (Å²) in [5.74, 6) is 0.485. The fraction of sp³-hybridized carbons (Fsp3) is 0.375. The fourth-order valence-corrected chi connectivity index (χ4v) is 2.71. The molecule has 2 rings (SSSR count). The first kappa shape index (κ1) is 14.2. The van der Waals surface area contributed by atoms with E-state index in [1.165, 1.54) is 16.7 Å². The normalized spacial score (nSPS) is 12.8. The maximum Gasteiger partial charge on any atom is 0.193 e. The number of rotatable bonds is 2. The van der Waals surface area contributed by atoms with Crippen LogP contribution in [-0.2, 0) is 0 Å². The van der Waals surface area contributed by atoms with Crippen LogP contribution in [0.5, 0.6) is 0 Å². The molecule has 1 aromatic heterocycles. The Bertz CT molecular complexity index is 597. The molecule has 0 aliphatic heterocycles. The molecule has 1 heterocycles. The van der Waals surface area contributed by atoms with E-state index in [0.717, 1.165) is 16.7 Å². The molecule has 0 amide bonds. The van der Waals surface area contributed by atoms with Crippen molar-refractivity contribution < 1.29 is 9.52 Å². The van der Waals surface area contributed by atoms with Gasteiger partial charge in [-0.15, -0.1) is 0 Å². The van der Waals surface area contributed by atoms with Crippen molar-refractivity contribution in [3.8, 4) is 0 Å². The molecular weight excluding hydrogens is 260 g/mol. The molecule has 3 heteroatoms. The average Bonchev–Trinajstić information content (AvgIpc) is 2.81. The third-order valence-corrected chi connectivity index (χ3v) is 4.40. The van der Waals surface area contributed by atoms with Crippen LogP contribution in [0.25, 0.3) is 0 Å². The van der Waals surface area contributed by atoms with Crippen molar-refractivity contribution in [2.75, 3.05) is 0 Å². The predicted molar refractivity (Wildman–Crippen MR) is 77.9 cm³/mol. The van der Waals surface area contributed by atoms with Gasteiger partial charge in [0.2, 0.25) is 0 Å². The number of aliphatic hydroxyl groups is 1. The first-order valence-electron chi connectivity index (χ1n) is 6.34. The summed E-state index contributed by atoms with van der Waals surface area (Å²) in [7, 11) is 0. The molecule has 2 nitrogen and oxygen atoms in total. The highest BCUT2D eigenvalue weighted by molar-refractivity contribution is 6.28. The Morgan fingerprint density at radius 2 is 1.37 bits per heavy atom. The first-order valence-corrected chi connectivity index (χ1v) is 6.72. The number of furan rings is 1. The summed E-state index contributed by atoms with van der Waals surface area (Å²) in [6, 6.07) is 3.37. The summed E-state index contributed by atoms with van der Waals surface area (Å²) in [6.07, 6.45) is -0.773. The molecule has 0 fully saturated rings. The lowest BCUT2D eigenvalue weighted by atomic mass is 9.86. The van der Waals surface area contributed by atoms with E-state index in [-0.39, 0.29) is 0 Å². The highest BCUT2D eigenvalue weighted by Crippen LogP contribution is 2.34. The van der Waals surface area contributed by atoms with Crippen LogP contribution in [0.1, 0.15) is 45.2 Å². The Morgan fingerprint density at radius 1 is 0.895 bits per heavy atom. The molecule has 0 radical (unpaired) electrons. The molecule has 102 valence electrons. The summed E-state index contributed by atoms with van der Waals surface area (Å²) in [4.78, 5) is 0. The average molecular weight is 279 g/mol. The Kier molecular flexibility index (Phi) is 3.75. The van der Waals surface area contributed by atoms with Gasteiger partial charge in [-0.1, -0.05) is 0 Å². The van der Waals surface area contributed by atoms with Crippen molar-refractivity contribution in [2.24, 2.45) is 0 Å². The summed E-state index contributed by atoms with van der Waals surface area (Å²) >= 11 is 5.78. The zero-order valence-electron chi connectivity index (χ0n) is 12.0. The number of aliphatic hydroxyl groups excluding tert-OH is 1. The van der Waals surface area contributed by atoms with Crippen molar-refractivity contribution in [3.63, 3.8) is 0 Å². The minimum Gasteiger partial charge on any atom is -0.447 e. The van der Waals surface area contributed by atoms with E-state index in [1.54, 1.807) is 12.1 Å². The standard InChI is InChI=1S/C16H19ClO2/c1-8-9(2)11(4)15(12(5)10(8)3)16(18)13-6-7-14(17)19-13/h6-7,16,18H,1-5H3. The van der Waals surface area contributed by atoms with E-state index in [0.29, 0.717) is 11.0 Å². The number of halogens is 1. The Balaban J connectivity index is 2.63. The molecule has 0 saturated heterocycles. The van der Waals surface area contributed by atoms with Gasteiger partial charge in [-0.25, -0.2) is 0 Å². The van der Waals surface area contributed by atoms with E-state index in [4.69, 9.17) is 16.0 Å². The zero-order chi connectivity index (χ0) is 14.3. The smallest absolute Gasteiger partial charge is 0.193 e. The third kappa shape index (κ3) is 2.31. The predicted octanol–water partition coefficient (Wildman–Crippen LogP) is 4.56. The lowest BCUT2D eigenvalue weighted by Gasteiger charge is -2.21. The summed E-state index contributed by atoms with van der Waals surface area (Å²) < 4.78 is 5.34. The number of hydrogen-bond donors (Lipinski definition) is 1. The number of benzene rings is 1. The van der Waals surface area contributed by atoms with Gasteiger partial charge in [0, 0.05) is 0 Å². The molecule has 1 aromatic carbocycles. The van der Waals surface area contributed by atoms with Gasteiger partial charge < -0.3 is 9.52 Å². The summed E-state index contributed by atoms with van der Waals surface area (Å²) in [5, 5.41) is 10.9. The molecule has 1 N–H and O–H groups in total. The van der Waals surface area contributed by atoms with Crippen molar-refractivity contribution in [3.05, 3.63) is 56.5 Å². The molecule has 0 spiro atoms. The second-order valence-electron chi connectivity index (χ2n) is 5.08. The fourth-order valence-electron chi connectivity index (χ4n) is 2.56. The van der Waals surface area contributed by atoms with E-state index in [9.17, 15) is 5.11 Å². The van der Waals surface area contributed by atoms with Crippen LogP contribution >= 0.6 is 11.6 Å². The van der Waals surface area contributed by atoms with Crippen LogP contribution in [0.15, 0.2) is 16.5 Å². The zero-order valence-corrected chi connectivity index (χ0v) is 12.7. The Hall–Kier alpha value is -1.25. The van der Waals surface area contributed by atoms with Crippen LogP contribution < -0.4 is 0 Å². The first-order chi connectivity index (χ1) is 8.84. The Morgan fingerprint density at radius 3 is 1.79 bits per heavy atom. The van der Waals surface area contributed by atoms with Crippen LogP contribution in [-0.4, -0.2) is 5.11 Å². The van der Waals surface area contributed by atoms with E-state index in [1.807, 2.05) is 13.8 Å². The molecule has 19 heavy (non-hydrogen) atoms. The minimum atomic E-state index is -0.773. The molecule has 2 aromatic rings. The van der Waals surface area contributed by atoms with E-state index >= 15 is 0 Å². The van der Waals surface area contributed by atoms with Gasteiger partial charge in [0.1, 0.15) is 11.9 Å². The topological polar surface area (TPSA) is 33.4 Å². The lowest BCUT2D eigenvalue weighted by molar-refractivity contribution is 0.188. The Labute approximate surface area is 119 Å². The molecular formula is C16H19ClO2. The molecule has 0 aliphatic rings. The van der Waals surface area contributed by atoms with Gasteiger partial charge in [-0.3, -0.25) is 0 Å². The largest absolute Gasteiger partial charge is 0.447 e. The second-order valence-corrected chi connectivity index (χ2v) is 5.46.